The lowest BCUT2D eigenvalue weighted by Crippen LogP contribution is -2.46. The minimum Gasteiger partial charge on any atom is -0.313 e. The van der Waals surface area contributed by atoms with Gasteiger partial charge in [0.25, 0.3) is 0 Å². The first-order valence-corrected chi connectivity index (χ1v) is 8.60. The Morgan fingerprint density at radius 1 is 1.29 bits per heavy atom. The van der Waals surface area contributed by atoms with Gasteiger partial charge in [0.15, 0.2) is 0 Å². The van der Waals surface area contributed by atoms with E-state index in [1.165, 1.54) is 63.7 Å². The van der Waals surface area contributed by atoms with Crippen LogP contribution in [0.1, 0.15) is 65.2 Å². The summed E-state index contributed by atoms with van der Waals surface area (Å²) < 4.78 is 0.526. The molecule has 2 aliphatic rings. The van der Waals surface area contributed by atoms with Gasteiger partial charge in [-0.3, -0.25) is 0 Å². The average Bonchev–Trinajstić information content (AvgIpc) is 2.96. The third-order valence-corrected chi connectivity index (χ3v) is 6.31. The molecule has 1 aliphatic carbocycles. The van der Waals surface area contributed by atoms with E-state index in [1.807, 2.05) is 0 Å². The molecule has 2 fully saturated rings. The summed E-state index contributed by atoms with van der Waals surface area (Å²) in [6, 6.07) is 0.762. The maximum atomic E-state index is 3.86. The molecule has 1 N–H and O–H groups in total. The maximum Gasteiger partial charge on any atom is 0.0285 e. The Bertz CT molecular complexity index is 217. The molecule has 0 aromatic heterocycles. The Balaban J connectivity index is 1.91. The zero-order valence-electron chi connectivity index (χ0n) is 11.6. The molecule has 0 aromatic rings. The van der Waals surface area contributed by atoms with Gasteiger partial charge in [-0.05, 0) is 50.8 Å². The van der Waals surface area contributed by atoms with Gasteiger partial charge in [-0.1, -0.05) is 32.6 Å². The van der Waals surface area contributed by atoms with Gasteiger partial charge < -0.3 is 5.32 Å². The molecule has 2 atom stereocenters. The molecule has 2 unspecified atom stereocenters. The number of nitrogens with one attached hydrogen (secondary N) is 1. The maximum absolute atomic E-state index is 3.86. The summed E-state index contributed by atoms with van der Waals surface area (Å²) in [6.45, 7) is 5.99. The van der Waals surface area contributed by atoms with Gasteiger partial charge in [0, 0.05) is 10.8 Å². The fraction of sp³-hybridized carbons (Fsp3) is 1.00. The van der Waals surface area contributed by atoms with E-state index in [4.69, 9.17) is 0 Å². The van der Waals surface area contributed by atoms with Crippen molar-refractivity contribution in [3.63, 3.8) is 0 Å². The largest absolute Gasteiger partial charge is 0.313 e. The Morgan fingerprint density at radius 3 is 2.65 bits per heavy atom. The summed E-state index contributed by atoms with van der Waals surface area (Å²) in [5, 5.41) is 3.86. The molecule has 1 nitrogen and oxygen atoms in total. The molecule has 0 aromatic carbocycles. The summed E-state index contributed by atoms with van der Waals surface area (Å²) in [5.41, 5.74) is 0. The van der Waals surface area contributed by atoms with Crippen molar-refractivity contribution in [2.24, 2.45) is 5.92 Å². The highest BCUT2D eigenvalue weighted by atomic mass is 32.2. The average molecular weight is 255 g/mol. The highest BCUT2D eigenvalue weighted by molar-refractivity contribution is 8.00. The molecule has 1 heterocycles. The first-order chi connectivity index (χ1) is 8.24. The number of hydrogen-bond acceptors (Lipinski definition) is 2. The van der Waals surface area contributed by atoms with Crippen molar-refractivity contribution >= 4 is 11.8 Å². The molecule has 1 aliphatic heterocycles. The molecular formula is C15H29NS. The Hall–Kier alpha value is 0.310. The minimum atomic E-state index is 0.526. The lowest BCUT2D eigenvalue weighted by molar-refractivity contribution is 0.325. The molecule has 0 amide bonds. The van der Waals surface area contributed by atoms with Crippen LogP contribution in [0.25, 0.3) is 0 Å². The van der Waals surface area contributed by atoms with E-state index in [9.17, 15) is 0 Å². The van der Waals surface area contributed by atoms with Crippen molar-refractivity contribution in [1.82, 2.24) is 5.32 Å². The van der Waals surface area contributed by atoms with Crippen LogP contribution in [-0.4, -0.2) is 23.1 Å². The third kappa shape index (κ3) is 3.64. The molecule has 1 saturated carbocycles. The third-order valence-electron chi connectivity index (χ3n) is 4.67. The van der Waals surface area contributed by atoms with E-state index in [0.29, 0.717) is 4.75 Å². The van der Waals surface area contributed by atoms with Crippen LogP contribution < -0.4 is 5.32 Å². The van der Waals surface area contributed by atoms with Gasteiger partial charge in [-0.2, -0.15) is 11.8 Å². The predicted octanol–water partition coefficient (Wildman–Crippen LogP) is 4.22. The summed E-state index contributed by atoms with van der Waals surface area (Å²) in [7, 11) is 0. The monoisotopic (exact) mass is 255 g/mol. The Labute approximate surface area is 112 Å². The molecule has 0 spiro atoms. The lowest BCUT2D eigenvalue weighted by Gasteiger charge is -2.36. The van der Waals surface area contributed by atoms with Crippen molar-refractivity contribution in [3.05, 3.63) is 0 Å². The molecular weight excluding hydrogens is 226 g/mol. The zero-order valence-corrected chi connectivity index (χ0v) is 12.5. The second-order valence-corrected chi connectivity index (χ2v) is 7.79. The van der Waals surface area contributed by atoms with Crippen molar-refractivity contribution in [2.75, 3.05) is 12.3 Å². The second kappa shape index (κ2) is 6.47. The first-order valence-electron chi connectivity index (χ1n) is 7.62. The summed E-state index contributed by atoms with van der Waals surface area (Å²) in [5.74, 6) is 2.40. The standard InChI is InChI=1S/C15H29NS/c1-3-10-16-14(12-13-7-4-5-8-13)15(2)9-6-11-17-15/h13-14,16H,3-12H2,1-2H3. The number of hydrogen-bond donors (Lipinski definition) is 1. The molecule has 1 saturated heterocycles. The fourth-order valence-corrected chi connectivity index (χ4v) is 4.95. The summed E-state index contributed by atoms with van der Waals surface area (Å²) in [4.78, 5) is 0. The van der Waals surface area contributed by atoms with Gasteiger partial charge >= 0.3 is 0 Å². The minimum absolute atomic E-state index is 0.526. The van der Waals surface area contributed by atoms with Crippen LogP contribution >= 0.6 is 11.8 Å². The van der Waals surface area contributed by atoms with Gasteiger partial charge in [-0.15, -0.1) is 0 Å². The van der Waals surface area contributed by atoms with E-state index in [0.717, 1.165) is 12.0 Å². The predicted molar refractivity (Wildman–Crippen MR) is 78.8 cm³/mol. The van der Waals surface area contributed by atoms with Crippen LogP contribution in [-0.2, 0) is 0 Å². The Kier molecular flexibility index (Phi) is 5.23. The van der Waals surface area contributed by atoms with Crippen LogP contribution in [0.5, 0.6) is 0 Å². The molecule has 2 rings (SSSR count). The highest BCUT2D eigenvalue weighted by Gasteiger charge is 2.38. The van der Waals surface area contributed by atoms with E-state index >= 15 is 0 Å². The zero-order chi connectivity index (χ0) is 12.1. The van der Waals surface area contributed by atoms with Crippen LogP contribution in [0.3, 0.4) is 0 Å². The SMILES string of the molecule is CCCNC(CC1CCCC1)C1(C)CCCS1. The van der Waals surface area contributed by atoms with E-state index < -0.39 is 0 Å². The molecule has 0 radical (unpaired) electrons. The van der Waals surface area contributed by atoms with Gasteiger partial charge in [-0.25, -0.2) is 0 Å². The highest BCUT2D eigenvalue weighted by Crippen LogP contribution is 2.43. The van der Waals surface area contributed by atoms with Crippen molar-refractivity contribution in [1.29, 1.82) is 0 Å². The smallest absolute Gasteiger partial charge is 0.0285 e. The first kappa shape index (κ1) is 13.7. The topological polar surface area (TPSA) is 12.0 Å². The van der Waals surface area contributed by atoms with E-state index in [2.05, 4.69) is 30.9 Å². The lowest BCUT2D eigenvalue weighted by atomic mass is 9.87. The summed E-state index contributed by atoms with van der Waals surface area (Å²) >= 11 is 2.22. The van der Waals surface area contributed by atoms with Crippen molar-refractivity contribution in [2.45, 2.75) is 76.0 Å². The normalized spacial score (nSPS) is 32.1. The van der Waals surface area contributed by atoms with E-state index in [-0.39, 0.29) is 0 Å². The van der Waals surface area contributed by atoms with Crippen molar-refractivity contribution in [3.8, 4) is 0 Å². The molecule has 100 valence electrons. The van der Waals surface area contributed by atoms with Crippen molar-refractivity contribution < 1.29 is 0 Å². The van der Waals surface area contributed by atoms with Crippen LogP contribution in [0.4, 0.5) is 0 Å². The van der Waals surface area contributed by atoms with Gasteiger partial charge in [0.1, 0.15) is 0 Å². The number of rotatable bonds is 6. The van der Waals surface area contributed by atoms with Gasteiger partial charge in [0.2, 0.25) is 0 Å². The van der Waals surface area contributed by atoms with Crippen LogP contribution in [0.2, 0.25) is 0 Å². The molecule has 0 bridgehead atoms. The second-order valence-electron chi connectivity index (χ2n) is 6.16. The fourth-order valence-electron chi connectivity index (χ4n) is 3.52. The number of thioether (sulfide) groups is 1. The van der Waals surface area contributed by atoms with Crippen LogP contribution in [0.15, 0.2) is 0 Å². The summed E-state index contributed by atoms with van der Waals surface area (Å²) in [6.07, 6.45) is 11.5. The van der Waals surface area contributed by atoms with Gasteiger partial charge in [0.05, 0.1) is 0 Å². The Morgan fingerprint density at radius 2 is 2.06 bits per heavy atom. The quantitative estimate of drug-likeness (QED) is 0.762. The van der Waals surface area contributed by atoms with Crippen LogP contribution in [0, 0.1) is 5.92 Å². The molecule has 17 heavy (non-hydrogen) atoms. The molecule has 2 heteroatoms. The van der Waals surface area contributed by atoms with E-state index in [1.54, 1.807) is 0 Å².